The Labute approximate surface area is 154 Å². The number of para-hydroxylation sites is 1. The van der Waals surface area contributed by atoms with Gasteiger partial charge in [0.15, 0.2) is 0 Å². The van der Waals surface area contributed by atoms with Gasteiger partial charge in [-0.25, -0.2) is 0 Å². The van der Waals surface area contributed by atoms with E-state index in [4.69, 9.17) is 4.74 Å². The van der Waals surface area contributed by atoms with Crippen molar-refractivity contribution < 1.29 is 14.3 Å². The lowest BCUT2D eigenvalue weighted by atomic mass is 10.1. The molecule has 1 aromatic heterocycles. The number of aromatic nitrogens is 1. The van der Waals surface area contributed by atoms with Crippen molar-refractivity contribution in [2.75, 3.05) is 20.2 Å². The van der Waals surface area contributed by atoms with Gasteiger partial charge in [0.2, 0.25) is 0 Å². The zero-order valence-electron chi connectivity index (χ0n) is 15.2. The maximum absolute atomic E-state index is 12.3. The molecule has 6 heteroatoms. The summed E-state index contributed by atoms with van der Waals surface area (Å²) in [6, 6.07) is 9.26. The van der Waals surface area contributed by atoms with Crippen molar-refractivity contribution in [1.29, 1.82) is 0 Å². The van der Waals surface area contributed by atoms with Gasteiger partial charge in [-0.1, -0.05) is 31.5 Å². The van der Waals surface area contributed by atoms with E-state index in [2.05, 4.69) is 22.5 Å². The molecule has 0 bridgehead atoms. The molecule has 0 saturated carbocycles. The SMILES string of the molecule is CCCCNC(=O)c1cncc(C(=O)NCCc2ccccc2OC)c1. The predicted octanol–water partition coefficient (Wildman–Crippen LogP) is 2.59. The summed E-state index contributed by atoms with van der Waals surface area (Å²) in [7, 11) is 1.63. The fourth-order valence-electron chi connectivity index (χ4n) is 2.49. The molecule has 26 heavy (non-hydrogen) atoms. The minimum absolute atomic E-state index is 0.213. The van der Waals surface area contributed by atoms with Crippen molar-refractivity contribution >= 4 is 11.8 Å². The summed E-state index contributed by atoms with van der Waals surface area (Å²) in [4.78, 5) is 28.4. The van der Waals surface area contributed by atoms with Gasteiger partial charge in [0.05, 0.1) is 18.2 Å². The van der Waals surface area contributed by atoms with E-state index >= 15 is 0 Å². The summed E-state index contributed by atoms with van der Waals surface area (Å²) >= 11 is 0. The second-order valence-electron chi connectivity index (χ2n) is 5.89. The quantitative estimate of drug-likeness (QED) is 0.678. The van der Waals surface area contributed by atoms with E-state index in [1.165, 1.54) is 12.4 Å². The molecule has 0 aliphatic heterocycles. The maximum Gasteiger partial charge on any atom is 0.252 e. The number of rotatable bonds is 9. The summed E-state index contributed by atoms with van der Waals surface area (Å²) < 4.78 is 5.30. The van der Waals surface area contributed by atoms with Crippen LogP contribution in [0.3, 0.4) is 0 Å². The van der Waals surface area contributed by atoms with Crippen LogP contribution in [0.15, 0.2) is 42.7 Å². The highest BCUT2D eigenvalue weighted by Crippen LogP contribution is 2.17. The van der Waals surface area contributed by atoms with Gasteiger partial charge < -0.3 is 15.4 Å². The Bertz CT molecular complexity index is 747. The van der Waals surface area contributed by atoms with Crippen LogP contribution in [0.25, 0.3) is 0 Å². The molecule has 138 valence electrons. The van der Waals surface area contributed by atoms with E-state index in [1.807, 2.05) is 24.3 Å². The van der Waals surface area contributed by atoms with Gasteiger partial charge in [-0.05, 0) is 30.5 Å². The van der Waals surface area contributed by atoms with Crippen LogP contribution >= 0.6 is 0 Å². The number of pyridine rings is 1. The molecule has 0 radical (unpaired) electrons. The van der Waals surface area contributed by atoms with E-state index < -0.39 is 0 Å². The van der Waals surface area contributed by atoms with Crippen LogP contribution in [0.2, 0.25) is 0 Å². The number of carbonyl (C=O) groups excluding carboxylic acids is 2. The van der Waals surface area contributed by atoms with Crippen molar-refractivity contribution in [3.8, 4) is 5.75 Å². The first kappa shape index (κ1) is 19.4. The first-order valence-electron chi connectivity index (χ1n) is 8.79. The summed E-state index contributed by atoms with van der Waals surface area (Å²) in [5.74, 6) is 0.333. The molecule has 0 saturated heterocycles. The van der Waals surface area contributed by atoms with Gasteiger partial charge in [0.25, 0.3) is 11.8 Å². The normalized spacial score (nSPS) is 10.2. The first-order chi connectivity index (χ1) is 12.7. The van der Waals surface area contributed by atoms with Gasteiger partial charge in [0, 0.05) is 25.5 Å². The fraction of sp³-hybridized carbons (Fsp3) is 0.350. The standard InChI is InChI=1S/C20H25N3O3/c1-3-4-10-22-19(24)16-12-17(14-21-13-16)20(25)23-11-9-15-7-5-6-8-18(15)26-2/h5-8,12-14H,3-4,9-11H2,1-2H3,(H,22,24)(H,23,25). The monoisotopic (exact) mass is 355 g/mol. The second kappa shape index (κ2) is 10.2. The van der Waals surface area contributed by atoms with Gasteiger partial charge in [-0.2, -0.15) is 0 Å². The van der Waals surface area contributed by atoms with Crippen molar-refractivity contribution in [1.82, 2.24) is 15.6 Å². The third kappa shape index (κ3) is 5.58. The molecule has 0 atom stereocenters. The summed E-state index contributed by atoms with van der Waals surface area (Å²) in [5, 5.41) is 5.67. The van der Waals surface area contributed by atoms with Crippen LogP contribution in [0.5, 0.6) is 5.75 Å². The van der Waals surface area contributed by atoms with E-state index in [-0.39, 0.29) is 11.8 Å². The highest BCUT2D eigenvalue weighted by molar-refractivity contribution is 5.99. The number of amides is 2. The summed E-state index contributed by atoms with van der Waals surface area (Å²) in [6.07, 6.45) is 5.50. The van der Waals surface area contributed by atoms with E-state index in [1.54, 1.807) is 13.2 Å². The van der Waals surface area contributed by atoms with Crippen molar-refractivity contribution in [2.45, 2.75) is 26.2 Å². The summed E-state index contributed by atoms with van der Waals surface area (Å²) in [6.45, 7) is 3.14. The third-order valence-electron chi connectivity index (χ3n) is 3.95. The molecule has 0 fully saturated rings. The molecule has 0 spiro atoms. The number of unbranched alkanes of at least 4 members (excludes halogenated alkanes) is 1. The minimum atomic E-state index is -0.254. The average molecular weight is 355 g/mol. The van der Waals surface area contributed by atoms with Crippen LogP contribution in [0.1, 0.15) is 46.0 Å². The Morgan fingerprint density at radius 2 is 1.69 bits per heavy atom. The van der Waals surface area contributed by atoms with Crippen LogP contribution in [-0.4, -0.2) is 37.0 Å². The molecule has 2 N–H and O–H groups in total. The van der Waals surface area contributed by atoms with Crippen molar-refractivity contribution in [3.63, 3.8) is 0 Å². The van der Waals surface area contributed by atoms with Crippen LogP contribution in [0, 0.1) is 0 Å². The van der Waals surface area contributed by atoms with E-state index in [0.717, 1.165) is 24.2 Å². The molecule has 1 heterocycles. The predicted molar refractivity (Wildman–Crippen MR) is 101 cm³/mol. The van der Waals surface area contributed by atoms with E-state index in [9.17, 15) is 9.59 Å². The maximum atomic E-state index is 12.3. The number of ether oxygens (including phenoxy) is 1. The summed E-state index contributed by atoms with van der Waals surface area (Å²) in [5.41, 5.74) is 1.78. The highest BCUT2D eigenvalue weighted by atomic mass is 16.5. The number of benzene rings is 1. The van der Waals surface area contributed by atoms with Crippen molar-refractivity contribution in [3.05, 3.63) is 59.4 Å². The Kier molecular flexibility index (Phi) is 7.61. The Morgan fingerprint density at radius 3 is 2.35 bits per heavy atom. The molecule has 0 unspecified atom stereocenters. The molecule has 0 aliphatic rings. The zero-order valence-corrected chi connectivity index (χ0v) is 15.2. The van der Waals surface area contributed by atoms with Gasteiger partial charge in [-0.15, -0.1) is 0 Å². The molecule has 2 aromatic rings. The topological polar surface area (TPSA) is 80.3 Å². The zero-order chi connectivity index (χ0) is 18.8. The third-order valence-corrected chi connectivity index (χ3v) is 3.95. The van der Waals surface area contributed by atoms with Gasteiger partial charge in [0.1, 0.15) is 5.75 Å². The Hall–Kier alpha value is -2.89. The van der Waals surface area contributed by atoms with Gasteiger partial charge >= 0.3 is 0 Å². The Balaban J connectivity index is 1.91. The first-order valence-corrected chi connectivity index (χ1v) is 8.79. The molecule has 2 rings (SSSR count). The van der Waals surface area contributed by atoms with Crippen LogP contribution in [0.4, 0.5) is 0 Å². The molecule has 0 aliphatic carbocycles. The minimum Gasteiger partial charge on any atom is -0.496 e. The molecule has 1 aromatic carbocycles. The molecular formula is C20H25N3O3. The lowest BCUT2D eigenvalue weighted by molar-refractivity contribution is 0.0952. The van der Waals surface area contributed by atoms with Crippen LogP contribution in [-0.2, 0) is 6.42 Å². The largest absolute Gasteiger partial charge is 0.496 e. The van der Waals surface area contributed by atoms with Gasteiger partial charge in [-0.3, -0.25) is 14.6 Å². The lowest BCUT2D eigenvalue weighted by Crippen LogP contribution is -2.27. The molecule has 6 nitrogen and oxygen atoms in total. The lowest BCUT2D eigenvalue weighted by Gasteiger charge is -2.09. The fourth-order valence-corrected chi connectivity index (χ4v) is 2.49. The van der Waals surface area contributed by atoms with Crippen LogP contribution < -0.4 is 15.4 Å². The number of nitrogens with one attached hydrogen (secondary N) is 2. The van der Waals surface area contributed by atoms with E-state index in [0.29, 0.717) is 30.6 Å². The average Bonchev–Trinajstić information content (AvgIpc) is 2.68. The molecular weight excluding hydrogens is 330 g/mol. The number of hydrogen-bond donors (Lipinski definition) is 2. The second-order valence-corrected chi connectivity index (χ2v) is 5.89. The number of nitrogens with zero attached hydrogens (tertiary/aromatic N) is 1. The highest BCUT2D eigenvalue weighted by Gasteiger charge is 2.11. The Morgan fingerprint density at radius 1 is 1.04 bits per heavy atom. The number of hydrogen-bond acceptors (Lipinski definition) is 4. The molecule has 2 amide bonds. The number of methoxy groups -OCH3 is 1. The van der Waals surface area contributed by atoms with Crippen molar-refractivity contribution in [2.24, 2.45) is 0 Å². The number of carbonyl (C=O) groups is 2. The smallest absolute Gasteiger partial charge is 0.252 e.